The summed E-state index contributed by atoms with van der Waals surface area (Å²) in [6.07, 6.45) is 1.68. The molecular weight excluding hydrogens is 410 g/mol. The van der Waals surface area contributed by atoms with Crippen LogP contribution in [0.2, 0.25) is 0 Å². The van der Waals surface area contributed by atoms with E-state index < -0.39 is 0 Å². The van der Waals surface area contributed by atoms with Crippen LogP contribution in [0.5, 0.6) is 0 Å². The molecule has 0 saturated carbocycles. The molecule has 31 heavy (non-hydrogen) atoms. The van der Waals surface area contributed by atoms with Crippen LogP contribution in [0.25, 0.3) is 0 Å². The molecule has 1 fully saturated rings. The van der Waals surface area contributed by atoms with E-state index in [4.69, 9.17) is 5.26 Å². The molecule has 4 rings (SSSR count). The minimum Gasteiger partial charge on any atom is -0.352 e. The van der Waals surface area contributed by atoms with E-state index >= 15 is 0 Å². The quantitative estimate of drug-likeness (QED) is 0.671. The number of nitrogens with one attached hydrogen (secondary N) is 1. The molecule has 0 spiro atoms. The molecule has 1 aliphatic rings. The van der Waals surface area contributed by atoms with Gasteiger partial charge in [-0.05, 0) is 41.8 Å². The van der Waals surface area contributed by atoms with Crippen molar-refractivity contribution in [1.29, 1.82) is 5.26 Å². The van der Waals surface area contributed by atoms with Crippen molar-refractivity contribution < 1.29 is 9.59 Å². The molecule has 7 nitrogen and oxygen atoms in total. The van der Waals surface area contributed by atoms with Gasteiger partial charge in [0.15, 0.2) is 0 Å². The molecule has 2 aromatic heterocycles. The van der Waals surface area contributed by atoms with E-state index in [9.17, 15) is 9.59 Å². The molecule has 3 heterocycles. The number of hydrogen-bond acceptors (Lipinski definition) is 6. The van der Waals surface area contributed by atoms with Gasteiger partial charge >= 0.3 is 0 Å². The normalized spacial score (nSPS) is 13.5. The summed E-state index contributed by atoms with van der Waals surface area (Å²) in [5.41, 5.74) is 1.51. The molecule has 1 N–H and O–H groups in total. The molecule has 0 atom stereocenters. The van der Waals surface area contributed by atoms with Crippen LogP contribution < -0.4 is 10.2 Å². The van der Waals surface area contributed by atoms with Crippen molar-refractivity contribution in [3.8, 4) is 6.07 Å². The first kappa shape index (κ1) is 20.6. The molecule has 0 bridgehead atoms. The number of anilines is 1. The highest BCUT2D eigenvalue weighted by atomic mass is 32.1. The zero-order chi connectivity index (χ0) is 21.6. The molecule has 0 radical (unpaired) electrons. The highest BCUT2D eigenvalue weighted by Gasteiger charge is 2.25. The third-order valence-electron chi connectivity index (χ3n) is 5.14. The Balaban J connectivity index is 1.41. The minimum absolute atomic E-state index is 0.0910. The fourth-order valence-electron chi connectivity index (χ4n) is 3.53. The zero-order valence-electron chi connectivity index (χ0n) is 16.8. The van der Waals surface area contributed by atoms with Gasteiger partial charge in [-0.3, -0.25) is 9.59 Å². The van der Waals surface area contributed by atoms with E-state index in [0.717, 1.165) is 4.88 Å². The van der Waals surface area contributed by atoms with Gasteiger partial charge in [0.2, 0.25) is 0 Å². The van der Waals surface area contributed by atoms with E-state index in [-0.39, 0.29) is 11.8 Å². The largest absolute Gasteiger partial charge is 0.352 e. The van der Waals surface area contributed by atoms with E-state index in [0.29, 0.717) is 55.2 Å². The van der Waals surface area contributed by atoms with Crippen LogP contribution in [-0.4, -0.2) is 47.9 Å². The van der Waals surface area contributed by atoms with Crippen LogP contribution in [0.15, 0.2) is 60.1 Å². The molecule has 2 amide bonds. The second-order valence-corrected chi connectivity index (χ2v) is 8.14. The number of nitrogens with zero attached hydrogens (tertiary/aromatic N) is 4. The Kier molecular flexibility index (Phi) is 6.24. The maximum Gasteiger partial charge on any atom is 0.255 e. The van der Waals surface area contributed by atoms with Gasteiger partial charge in [0.05, 0.1) is 23.7 Å². The highest BCUT2D eigenvalue weighted by molar-refractivity contribution is 7.09. The van der Waals surface area contributed by atoms with Crippen LogP contribution in [0.1, 0.15) is 31.2 Å². The third-order valence-corrected chi connectivity index (χ3v) is 6.02. The van der Waals surface area contributed by atoms with Gasteiger partial charge in [0, 0.05) is 42.8 Å². The zero-order valence-corrected chi connectivity index (χ0v) is 17.6. The molecule has 3 aromatic rings. The highest BCUT2D eigenvalue weighted by Crippen LogP contribution is 2.20. The Morgan fingerprint density at radius 3 is 2.68 bits per heavy atom. The lowest BCUT2D eigenvalue weighted by Gasteiger charge is -2.36. The van der Waals surface area contributed by atoms with Crippen LogP contribution >= 0.6 is 11.3 Å². The van der Waals surface area contributed by atoms with E-state index in [1.54, 1.807) is 58.8 Å². The van der Waals surface area contributed by atoms with E-state index in [2.05, 4.69) is 16.4 Å². The first-order chi connectivity index (χ1) is 15.2. The van der Waals surface area contributed by atoms with E-state index in [1.165, 1.54) is 0 Å². The lowest BCUT2D eigenvalue weighted by Crippen LogP contribution is -2.49. The molecule has 1 aromatic carbocycles. The van der Waals surface area contributed by atoms with Crippen LogP contribution in [0.4, 0.5) is 5.82 Å². The minimum atomic E-state index is -0.164. The van der Waals surface area contributed by atoms with Gasteiger partial charge in [-0.2, -0.15) is 5.26 Å². The Morgan fingerprint density at radius 1 is 1.10 bits per heavy atom. The number of piperazine rings is 1. The number of nitriles is 1. The fourth-order valence-corrected chi connectivity index (χ4v) is 4.17. The number of hydrogen-bond donors (Lipinski definition) is 1. The smallest absolute Gasteiger partial charge is 0.255 e. The lowest BCUT2D eigenvalue weighted by molar-refractivity contribution is 0.0745. The monoisotopic (exact) mass is 431 g/mol. The van der Waals surface area contributed by atoms with Gasteiger partial charge in [-0.1, -0.05) is 12.1 Å². The van der Waals surface area contributed by atoms with Crippen LogP contribution in [0, 0.1) is 11.3 Å². The molecular formula is C23H21N5O2S. The summed E-state index contributed by atoms with van der Waals surface area (Å²) in [5, 5.41) is 14.0. The van der Waals surface area contributed by atoms with Crippen molar-refractivity contribution in [3.63, 3.8) is 0 Å². The summed E-state index contributed by atoms with van der Waals surface area (Å²) < 4.78 is 0. The number of benzene rings is 1. The van der Waals surface area contributed by atoms with Gasteiger partial charge in [0.25, 0.3) is 11.8 Å². The summed E-state index contributed by atoms with van der Waals surface area (Å²) in [6.45, 7) is 2.66. The van der Waals surface area contributed by atoms with Crippen molar-refractivity contribution in [2.75, 3.05) is 31.1 Å². The first-order valence-electron chi connectivity index (χ1n) is 9.95. The van der Waals surface area contributed by atoms with Crippen LogP contribution in [-0.2, 0) is 6.54 Å². The number of thiophene rings is 1. The molecule has 0 aliphatic carbocycles. The summed E-state index contributed by atoms with van der Waals surface area (Å²) in [7, 11) is 0. The molecule has 156 valence electrons. The second-order valence-electron chi connectivity index (χ2n) is 7.11. The summed E-state index contributed by atoms with van der Waals surface area (Å²) >= 11 is 1.60. The molecule has 1 aliphatic heterocycles. The number of pyridine rings is 1. The van der Waals surface area contributed by atoms with Gasteiger partial charge in [-0.25, -0.2) is 4.98 Å². The standard InChI is InChI=1S/C23H21N5O2S/c24-15-17-4-1-5-18(14-17)23(30)28-11-9-27(10-12-28)21-20(7-2-8-25-21)22(29)26-16-19-6-3-13-31-19/h1-8,13-14H,9-12,16H2,(H,26,29). The maximum atomic E-state index is 12.8. The average Bonchev–Trinajstić information content (AvgIpc) is 3.36. The van der Waals surface area contributed by atoms with Crippen molar-refractivity contribution >= 4 is 29.0 Å². The summed E-state index contributed by atoms with van der Waals surface area (Å²) in [5.74, 6) is 0.375. The fraction of sp³-hybridized carbons (Fsp3) is 0.217. The van der Waals surface area contributed by atoms with Gasteiger partial charge in [-0.15, -0.1) is 11.3 Å². The number of amides is 2. The Labute approximate surface area is 184 Å². The Bertz CT molecular complexity index is 1120. The number of carbonyl (C=O) groups is 2. The van der Waals surface area contributed by atoms with Crippen LogP contribution in [0.3, 0.4) is 0 Å². The van der Waals surface area contributed by atoms with Crippen molar-refractivity contribution in [2.24, 2.45) is 0 Å². The maximum absolute atomic E-state index is 12.8. The Morgan fingerprint density at radius 2 is 1.94 bits per heavy atom. The summed E-state index contributed by atoms with van der Waals surface area (Å²) in [6, 6.07) is 16.3. The Hall–Kier alpha value is -3.70. The van der Waals surface area contributed by atoms with E-state index in [1.807, 2.05) is 22.4 Å². The van der Waals surface area contributed by atoms with Gasteiger partial charge in [0.1, 0.15) is 5.82 Å². The number of carbonyl (C=O) groups excluding carboxylic acids is 2. The third kappa shape index (κ3) is 4.73. The first-order valence-corrected chi connectivity index (χ1v) is 10.8. The molecule has 0 unspecified atom stereocenters. The average molecular weight is 432 g/mol. The molecule has 1 saturated heterocycles. The SMILES string of the molecule is N#Cc1cccc(C(=O)N2CCN(c3ncccc3C(=O)NCc3cccs3)CC2)c1. The van der Waals surface area contributed by atoms with Crippen molar-refractivity contribution in [1.82, 2.24) is 15.2 Å². The predicted octanol–water partition coefficient (Wildman–Crippen LogP) is 2.91. The van der Waals surface area contributed by atoms with Crippen molar-refractivity contribution in [3.05, 3.63) is 81.7 Å². The second kappa shape index (κ2) is 9.41. The molecule has 8 heteroatoms. The van der Waals surface area contributed by atoms with Crippen molar-refractivity contribution in [2.45, 2.75) is 6.54 Å². The van der Waals surface area contributed by atoms with Gasteiger partial charge < -0.3 is 15.1 Å². The number of aromatic nitrogens is 1. The predicted molar refractivity (Wildman–Crippen MR) is 119 cm³/mol. The number of rotatable bonds is 5. The summed E-state index contributed by atoms with van der Waals surface area (Å²) in [4.78, 5) is 34.9. The lowest BCUT2D eigenvalue weighted by atomic mass is 10.1. The topological polar surface area (TPSA) is 89.3 Å².